The average Bonchev–Trinajstić information content (AvgIpc) is 2.08. The van der Waals surface area contributed by atoms with Gasteiger partial charge >= 0.3 is 0 Å². The Hall–Kier alpha value is -0.160. The normalized spacial score (nSPS) is 29.5. The molecule has 0 aromatic rings. The van der Waals surface area contributed by atoms with Gasteiger partial charge in [0.15, 0.2) is 6.29 Å². The lowest BCUT2D eigenvalue weighted by atomic mass is 9.93. The van der Waals surface area contributed by atoms with E-state index in [2.05, 4.69) is 5.32 Å². The topological polar surface area (TPSA) is 72.7 Å². The maximum Gasteiger partial charge on any atom is 0.152 e. The largest absolute Gasteiger partial charge is 0.393 e. The lowest BCUT2D eigenvalue weighted by Gasteiger charge is -2.26. The van der Waals surface area contributed by atoms with Crippen LogP contribution in [0, 0.1) is 0 Å². The first-order valence-electron chi connectivity index (χ1n) is 4.96. The molecule has 0 spiro atoms. The molecule has 1 saturated carbocycles. The zero-order chi connectivity index (χ0) is 9.68. The zero-order valence-electron chi connectivity index (χ0n) is 7.82. The van der Waals surface area contributed by atoms with Gasteiger partial charge in [0.25, 0.3) is 0 Å². The highest BCUT2D eigenvalue weighted by Gasteiger charge is 2.18. The molecule has 4 nitrogen and oxygen atoms in total. The first-order valence-corrected chi connectivity index (χ1v) is 4.96. The highest BCUT2D eigenvalue weighted by molar-refractivity contribution is 4.76. The summed E-state index contributed by atoms with van der Waals surface area (Å²) in [6.45, 7) is 0.637. The van der Waals surface area contributed by atoms with Crippen molar-refractivity contribution in [2.45, 2.75) is 50.5 Å². The number of nitrogens with one attached hydrogen (secondary N) is 1. The van der Waals surface area contributed by atoms with Gasteiger partial charge in [-0.2, -0.15) is 0 Å². The Morgan fingerprint density at radius 1 is 1.15 bits per heavy atom. The minimum atomic E-state index is -1.21. The summed E-state index contributed by atoms with van der Waals surface area (Å²) in [4.78, 5) is 0. The molecule has 1 aliphatic carbocycles. The molecule has 4 heteroatoms. The van der Waals surface area contributed by atoms with Crippen molar-refractivity contribution in [2.75, 3.05) is 6.54 Å². The highest BCUT2D eigenvalue weighted by atomic mass is 16.5. The van der Waals surface area contributed by atoms with Crippen molar-refractivity contribution in [3.8, 4) is 0 Å². The van der Waals surface area contributed by atoms with Crippen LogP contribution in [0.1, 0.15) is 32.1 Å². The first-order chi connectivity index (χ1) is 6.18. The number of aliphatic hydroxyl groups is 3. The van der Waals surface area contributed by atoms with Gasteiger partial charge in [-0.05, 0) is 25.7 Å². The van der Waals surface area contributed by atoms with Crippen LogP contribution in [0.15, 0.2) is 0 Å². The monoisotopic (exact) mass is 189 g/mol. The van der Waals surface area contributed by atoms with Gasteiger partial charge in [-0.3, -0.25) is 0 Å². The molecule has 4 N–H and O–H groups in total. The van der Waals surface area contributed by atoms with E-state index in [0.717, 1.165) is 25.7 Å². The molecular formula is C9H19NO3. The molecule has 13 heavy (non-hydrogen) atoms. The summed E-state index contributed by atoms with van der Waals surface area (Å²) in [5.41, 5.74) is 0. The van der Waals surface area contributed by atoms with Crippen LogP contribution in [0.25, 0.3) is 0 Å². The molecule has 0 saturated heterocycles. The smallest absolute Gasteiger partial charge is 0.152 e. The number of aliphatic hydroxyl groups excluding tert-OH is 2. The second-order valence-corrected chi connectivity index (χ2v) is 3.73. The van der Waals surface area contributed by atoms with Gasteiger partial charge in [-0.25, -0.2) is 0 Å². The Bertz CT molecular complexity index is 133. The first kappa shape index (κ1) is 10.9. The lowest BCUT2D eigenvalue weighted by Crippen LogP contribution is -2.36. The SMILES string of the molecule is OC(O)CCNC1CCC(O)CC1. The Morgan fingerprint density at radius 3 is 2.31 bits per heavy atom. The van der Waals surface area contributed by atoms with E-state index in [4.69, 9.17) is 10.2 Å². The zero-order valence-corrected chi connectivity index (χ0v) is 7.82. The Kier molecular flexibility index (Phi) is 4.66. The Balaban J connectivity index is 2.02. The molecule has 1 fully saturated rings. The van der Waals surface area contributed by atoms with Gasteiger partial charge in [0, 0.05) is 19.0 Å². The summed E-state index contributed by atoms with van der Waals surface area (Å²) >= 11 is 0. The molecular weight excluding hydrogens is 170 g/mol. The number of rotatable bonds is 4. The van der Waals surface area contributed by atoms with Gasteiger partial charge < -0.3 is 20.6 Å². The predicted octanol–water partition coefficient (Wildman–Crippen LogP) is -0.420. The second kappa shape index (κ2) is 5.54. The van der Waals surface area contributed by atoms with E-state index in [1.807, 2.05) is 0 Å². The van der Waals surface area contributed by atoms with Crippen molar-refractivity contribution in [3.05, 3.63) is 0 Å². The van der Waals surface area contributed by atoms with Crippen LogP contribution in [0.2, 0.25) is 0 Å². The molecule has 0 aromatic carbocycles. The molecule has 1 aliphatic rings. The summed E-state index contributed by atoms with van der Waals surface area (Å²) in [6.07, 6.45) is 2.74. The van der Waals surface area contributed by atoms with E-state index in [1.165, 1.54) is 0 Å². The standard InChI is InChI=1S/C9H19NO3/c11-8-3-1-7(2-4-8)10-6-5-9(12)13/h7-13H,1-6H2. The van der Waals surface area contributed by atoms with Gasteiger partial charge in [0.1, 0.15) is 0 Å². The highest BCUT2D eigenvalue weighted by Crippen LogP contribution is 2.17. The summed E-state index contributed by atoms with van der Waals surface area (Å²) < 4.78 is 0. The Labute approximate surface area is 78.6 Å². The summed E-state index contributed by atoms with van der Waals surface area (Å²) in [5.74, 6) is 0. The third-order valence-corrected chi connectivity index (χ3v) is 2.53. The quantitative estimate of drug-likeness (QED) is 0.453. The molecule has 0 bridgehead atoms. The fraction of sp³-hybridized carbons (Fsp3) is 1.00. The van der Waals surface area contributed by atoms with Gasteiger partial charge in [0.05, 0.1) is 6.10 Å². The van der Waals surface area contributed by atoms with Gasteiger partial charge in [-0.1, -0.05) is 0 Å². The van der Waals surface area contributed by atoms with E-state index in [1.54, 1.807) is 0 Å². The summed E-state index contributed by atoms with van der Waals surface area (Å²) in [6, 6.07) is 0.446. The maximum atomic E-state index is 9.23. The van der Waals surface area contributed by atoms with Gasteiger partial charge in [-0.15, -0.1) is 0 Å². The third-order valence-electron chi connectivity index (χ3n) is 2.53. The van der Waals surface area contributed by atoms with Gasteiger partial charge in [0.2, 0.25) is 0 Å². The van der Waals surface area contributed by atoms with Crippen LogP contribution in [0.3, 0.4) is 0 Å². The second-order valence-electron chi connectivity index (χ2n) is 3.73. The summed E-state index contributed by atoms with van der Waals surface area (Å²) in [7, 11) is 0. The van der Waals surface area contributed by atoms with Crippen molar-refractivity contribution in [1.82, 2.24) is 5.32 Å². The molecule has 0 unspecified atom stereocenters. The van der Waals surface area contributed by atoms with Crippen molar-refractivity contribution in [2.24, 2.45) is 0 Å². The van der Waals surface area contributed by atoms with Crippen molar-refractivity contribution >= 4 is 0 Å². The molecule has 0 aliphatic heterocycles. The number of hydrogen-bond donors (Lipinski definition) is 4. The summed E-state index contributed by atoms with van der Waals surface area (Å²) in [5, 5.41) is 29.7. The molecule has 0 aromatic heterocycles. The van der Waals surface area contributed by atoms with E-state index < -0.39 is 6.29 Å². The molecule has 0 heterocycles. The van der Waals surface area contributed by atoms with Crippen LogP contribution >= 0.6 is 0 Å². The molecule has 0 radical (unpaired) electrons. The van der Waals surface area contributed by atoms with Crippen molar-refractivity contribution < 1.29 is 15.3 Å². The van der Waals surface area contributed by atoms with Crippen LogP contribution in [-0.4, -0.2) is 40.3 Å². The van der Waals surface area contributed by atoms with Crippen LogP contribution < -0.4 is 5.32 Å². The van der Waals surface area contributed by atoms with E-state index in [9.17, 15) is 5.11 Å². The third kappa shape index (κ3) is 4.57. The maximum absolute atomic E-state index is 9.23. The fourth-order valence-corrected chi connectivity index (χ4v) is 1.70. The molecule has 0 atom stereocenters. The number of hydrogen-bond acceptors (Lipinski definition) is 4. The minimum Gasteiger partial charge on any atom is -0.393 e. The van der Waals surface area contributed by atoms with E-state index in [-0.39, 0.29) is 6.10 Å². The predicted molar refractivity (Wildman–Crippen MR) is 49.1 cm³/mol. The average molecular weight is 189 g/mol. The molecule has 0 amide bonds. The van der Waals surface area contributed by atoms with Crippen LogP contribution in [0.5, 0.6) is 0 Å². The van der Waals surface area contributed by atoms with Crippen molar-refractivity contribution in [3.63, 3.8) is 0 Å². The van der Waals surface area contributed by atoms with Crippen LogP contribution in [0.4, 0.5) is 0 Å². The molecule has 1 rings (SSSR count). The van der Waals surface area contributed by atoms with E-state index in [0.29, 0.717) is 19.0 Å². The Morgan fingerprint density at radius 2 is 1.77 bits per heavy atom. The lowest BCUT2D eigenvalue weighted by molar-refractivity contribution is -0.0450. The van der Waals surface area contributed by atoms with E-state index >= 15 is 0 Å². The minimum absolute atomic E-state index is 0.124. The molecule has 78 valence electrons. The van der Waals surface area contributed by atoms with Crippen molar-refractivity contribution in [1.29, 1.82) is 0 Å². The van der Waals surface area contributed by atoms with Crippen LogP contribution in [-0.2, 0) is 0 Å². The fourth-order valence-electron chi connectivity index (χ4n) is 1.70.